The van der Waals surface area contributed by atoms with Crippen LogP contribution in [0.15, 0.2) is 30.3 Å². The quantitative estimate of drug-likeness (QED) is 0.861. The average molecular weight is 264 g/mol. The Morgan fingerprint density at radius 1 is 1.26 bits per heavy atom. The van der Waals surface area contributed by atoms with Crippen LogP contribution in [-0.4, -0.2) is 34.0 Å². The Labute approximate surface area is 113 Å². The van der Waals surface area contributed by atoms with Crippen LogP contribution in [0.1, 0.15) is 32.4 Å². The van der Waals surface area contributed by atoms with E-state index in [1.807, 2.05) is 6.07 Å². The SMILES string of the molecule is CC(C)(C)N(CC(=O)O)C(=O)C(N)c1ccccc1. The second-order valence-electron chi connectivity index (χ2n) is 5.38. The number of nitrogens with zero attached hydrogens (tertiary/aromatic N) is 1. The van der Waals surface area contributed by atoms with Gasteiger partial charge in [0.15, 0.2) is 0 Å². The number of nitrogens with two attached hydrogens (primary N) is 1. The molecule has 1 rings (SSSR count). The van der Waals surface area contributed by atoms with Crippen molar-refractivity contribution in [3.63, 3.8) is 0 Å². The third kappa shape index (κ3) is 4.06. The molecule has 0 bridgehead atoms. The maximum atomic E-state index is 12.4. The van der Waals surface area contributed by atoms with Crippen molar-refractivity contribution in [2.45, 2.75) is 32.4 Å². The van der Waals surface area contributed by atoms with Crippen LogP contribution >= 0.6 is 0 Å². The number of amides is 1. The first kappa shape index (κ1) is 15.2. The number of carbonyl (C=O) groups is 2. The predicted molar refractivity (Wildman–Crippen MR) is 72.5 cm³/mol. The monoisotopic (exact) mass is 264 g/mol. The van der Waals surface area contributed by atoms with Gasteiger partial charge in [-0.3, -0.25) is 9.59 Å². The minimum absolute atomic E-state index is 0.358. The van der Waals surface area contributed by atoms with Gasteiger partial charge >= 0.3 is 5.97 Å². The second kappa shape index (κ2) is 5.84. The van der Waals surface area contributed by atoms with Crippen LogP contribution in [-0.2, 0) is 9.59 Å². The first-order chi connectivity index (χ1) is 8.73. The van der Waals surface area contributed by atoms with Gasteiger partial charge in [-0.15, -0.1) is 0 Å². The maximum Gasteiger partial charge on any atom is 0.323 e. The van der Waals surface area contributed by atoms with E-state index in [1.165, 1.54) is 4.90 Å². The molecule has 1 atom stereocenters. The first-order valence-electron chi connectivity index (χ1n) is 6.07. The molecule has 5 nitrogen and oxygen atoms in total. The van der Waals surface area contributed by atoms with Crippen LogP contribution in [0.3, 0.4) is 0 Å². The lowest BCUT2D eigenvalue weighted by atomic mass is 10.0. The van der Waals surface area contributed by atoms with E-state index in [9.17, 15) is 9.59 Å². The Hall–Kier alpha value is -1.88. The fraction of sp³-hybridized carbons (Fsp3) is 0.429. The zero-order valence-electron chi connectivity index (χ0n) is 11.5. The normalized spacial score (nSPS) is 12.8. The molecule has 0 aromatic heterocycles. The number of hydrogen-bond acceptors (Lipinski definition) is 3. The summed E-state index contributed by atoms with van der Waals surface area (Å²) < 4.78 is 0. The van der Waals surface area contributed by atoms with E-state index in [-0.39, 0.29) is 12.5 Å². The third-order valence-electron chi connectivity index (χ3n) is 2.79. The molecule has 1 aromatic carbocycles. The van der Waals surface area contributed by atoms with Crippen LogP contribution in [0, 0.1) is 0 Å². The molecule has 1 aromatic rings. The summed E-state index contributed by atoms with van der Waals surface area (Å²) in [6.07, 6.45) is 0. The molecule has 0 aliphatic heterocycles. The van der Waals surface area contributed by atoms with E-state index in [2.05, 4.69) is 0 Å². The Balaban J connectivity index is 2.97. The molecule has 1 unspecified atom stereocenters. The first-order valence-corrected chi connectivity index (χ1v) is 6.07. The lowest BCUT2D eigenvalue weighted by Gasteiger charge is -2.36. The Morgan fingerprint density at radius 2 is 1.79 bits per heavy atom. The molecule has 0 fully saturated rings. The van der Waals surface area contributed by atoms with Gasteiger partial charge in [-0.25, -0.2) is 0 Å². The second-order valence-corrected chi connectivity index (χ2v) is 5.38. The highest BCUT2D eigenvalue weighted by Gasteiger charge is 2.32. The molecule has 104 valence electrons. The molecular formula is C14H20N2O3. The summed E-state index contributed by atoms with van der Waals surface area (Å²) in [5.74, 6) is -1.44. The fourth-order valence-electron chi connectivity index (χ4n) is 1.75. The molecule has 0 radical (unpaired) electrons. The number of carboxylic acids is 1. The molecule has 5 heteroatoms. The Morgan fingerprint density at radius 3 is 2.21 bits per heavy atom. The number of carbonyl (C=O) groups excluding carboxylic acids is 1. The van der Waals surface area contributed by atoms with Gasteiger partial charge in [0, 0.05) is 5.54 Å². The van der Waals surface area contributed by atoms with Crippen LogP contribution in [0.4, 0.5) is 0 Å². The summed E-state index contributed by atoms with van der Waals surface area (Å²) in [5.41, 5.74) is 6.01. The van der Waals surface area contributed by atoms with Gasteiger partial charge < -0.3 is 15.7 Å². The predicted octanol–water partition coefficient (Wildman–Crippen LogP) is 1.40. The Kier molecular flexibility index (Phi) is 4.67. The van der Waals surface area contributed by atoms with Crippen molar-refractivity contribution in [3.8, 4) is 0 Å². The van der Waals surface area contributed by atoms with Crippen LogP contribution < -0.4 is 5.73 Å². The average Bonchev–Trinajstić information content (AvgIpc) is 2.34. The zero-order valence-corrected chi connectivity index (χ0v) is 11.5. The summed E-state index contributed by atoms with van der Waals surface area (Å²) in [4.78, 5) is 24.5. The van der Waals surface area contributed by atoms with Gasteiger partial charge in [-0.1, -0.05) is 30.3 Å². The van der Waals surface area contributed by atoms with E-state index >= 15 is 0 Å². The highest BCUT2D eigenvalue weighted by molar-refractivity contribution is 5.86. The largest absolute Gasteiger partial charge is 0.480 e. The van der Waals surface area contributed by atoms with E-state index in [0.717, 1.165) is 0 Å². The summed E-state index contributed by atoms with van der Waals surface area (Å²) in [7, 11) is 0. The number of hydrogen-bond donors (Lipinski definition) is 2. The molecule has 0 heterocycles. The van der Waals surface area contributed by atoms with Gasteiger partial charge in [0.1, 0.15) is 12.6 Å². The molecule has 0 aliphatic rings. The lowest BCUT2D eigenvalue weighted by Crippen LogP contribution is -2.51. The molecule has 1 amide bonds. The maximum absolute atomic E-state index is 12.4. The van der Waals surface area contributed by atoms with Crippen molar-refractivity contribution in [1.29, 1.82) is 0 Å². The van der Waals surface area contributed by atoms with E-state index in [0.29, 0.717) is 5.56 Å². The molecule has 0 aliphatic carbocycles. The number of benzene rings is 1. The van der Waals surface area contributed by atoms with E-state index in [4.69, 9.17) is 10.8 Å². The van der Waals surface area contributed by atoms with Gasteiger partial charge in [-0.05, 0) is 26.3 Å². The van der Waals surface area contributed by atoms with Gasteiger partial charge in [0.05, 0.1) is 0 Å². The molecule has 0 saturated carbocycles. The molecular weight excluding hydrogens is 244 g/mol. The van der Waals surface area contributed by atoms with Crippen molar-refractivity contribution >= 4 is 11.9 Å². The minimum atomic E-state index is -1.05. The van der Waals surface area contributed by atoms with Crippen molar-refractivity contribution < 1.29 is 14.7 Å². The minimum Gasteiger partial charge on any atom is -0.480 e. The van der Waals surface area contributed by atoms with Crippen molar-refractivity contribution in [2.75, 3.05) is 6.54 Å². The smallest absolute Gasteiger partial charge is 0.323 e. The van der Waals surface area contributed by atoms with Crippen molar-refractivity contribution in [2.24, 2.45) is 5.73 Å². The molecule has 3 N–H and O–H groups in total. The summed E-state index contributed by atoms with van der Waals surface area (Å²) in [6, 6.07) is 8.08. The standard InChI is InChI=1S/C14H20N2O3/c1-14(2,3)16(9-11(17)18)13(19)12(15)10-7-5-4-6-8-10/h4-8,12H,9,15H2,1-3H3,(H,17,18). The molecule has 19 heavy (non-hydrogen) atoms. The zero-order chi connectivity index (χ0) is 14.6. The van der Waals surface area contributed by atoms with Crippen molar-refractivity contribution in [1.82, 2.24) is 4.90 Å². The highest BCUT2D eigenvalue weighted by Crippen LogP contribution is 2.19. The molecule has 0 spiro atoms. The van der Waals surface area contributed by atoms with Crippen LogP contribution in [0.2, 0.25) is 0 Å². The lowest BCUT2D eigenvalue weighted by molar-refractivity contribution is -0.149. The Bertz CT molecular complexity index is 452. The number of rotatable bonds is 4. The van der Waals surface area contributed by atoms with Crippen molar-refractivity contribution in [3.05, 3.63) is 35.9 Å². The molecule has 0 saturated heterocycles. The fourth-order valence-corrected chi connectivity index (χ4v) is 1.75. The summed E-state index contributed by atoms with van der Waals surface area (Å²) >= 11 is 0. The van der Waals surface area contributed by atoms with Gasteiger partial charge in [0.25, 0.3) is 0 Å². The van der Waals surface area contributed by atoms with Crippen LogP contribution in [0.5, 0.6) is 0 Å². The van der Waals surface area contributed by atoms with E-state index < -0.39 is 17.6 Å². The van der Waals surface area contributed by atoms with Crippen LogP contribution in [0.25, 0.3) is 0 Å². The third-order valence-corrected chi connectivity index (χ3v) is 2.79. The van der Waals surface area contributed by atoms with Gasteiger partial charge in [0.2, 0.25) is 5.91 Å². The summed E-state index contributed by atoms with van der Waals surface area (Å²) in [5, 5.41) is 8.91. The van der Waals surface area contributed by atoms with Gasteiger partial charge in [-0.2, -0.15) is 0 Å². The number of aliphatic carboxylic acids is 1. The topological polar surface area (TPSA) is 83.6 Å². The highest BCUT2D eigenvalue weighted by atomic mass is 16.4. The van der Waals surface area contributed by atoms with E-state index in [1.54, 1.807) is 45.0 Å². The number of carboxylic acid groups (broad SMARTS) is 1. The summed E-state index contributed by atoms with van der Waals surface area (Å²) in [6.45, 7) is 4.99.